The van der Waals surface area contributed by atoms with E-state index in [2.05, 4.69) is 10.3 Å². The van der Waals surface area contributed by atoms with Gasteiger partial charge in [0.1, 0.15) is 17.3 Å². The molecule has 0 fully saturated rings. The lowest BCUT2D eigenvalue weighted by molar-refractivity contribution is -0.157. The number of hydrogen-bond acceptors (Lipinski definition) is 4. The van der Waals surface area contributed by atoms with E-state index < -0.39 is 17.6 Å². The van der Waals surface area contributed by atoms with E-state index in [0.717, 1.165) is 0 Å². The zero-order valence-electron chi connectivity index (χ0n) is 13.3. The number of nitrogens with zero attached hydrogens (tertiary/aromatic N) is 1. The number of nitrogens with one attached hydrogen (secondary N) is 1. The number of amides is 1. The van der Waals surface area contributed by atoms with E-state index in [9.17, 15) is 9.59 Å². The summed E-state index contributed by atoms with van der Waals surface area (Å²) in [7, 11) is 0. The molecule has 1 heterocycles. The second-order valence-electron chi connectivity index (χ2n) is 6.40. The van der Waals surface area contributed by atoms with Crippen molar-refractivity contribution in [2.45, 2.75) is 52.7 Å². The molecule has 0 aliphatic heterocycles. The van der Waals surface area contributed by atoms with Crippen LogP contribution in [-0.2, 0) is 9.53 Å². The van der Waals surface area contributed by atoms with Gasteiger partial charge in [0.05, 0.1) is 0 Å². The van der Waals surface area contributed by atoms with Gasteiger partial charge in [-0.2, -0.15) is 0 Å². The second kappa shape index (κ2) is 7.20. The van der Waals surface area contributed by atoms with Crippen LogP contribution >= 0.6 is 0 Å². The summed E-state index contributed by atoms with van der Waals surface area (Å²) in [5.74, 6) is -0.529. The lowest BCUT2D eigenvalue weighted by atomic mass is 10.0. The fourth-order valence-corrected chi connectivity index (χ4v) is 1.79. The van der Waals surface area contributed by atoms with Gasteiger partial charge in [-0.1, -0.05) is 19.9 Å². The summed E-state index contributed by atoms with van der Waals surface area (Å²) >= 11 is 0. The van der Waals surface area contributed by atoms with Gasteiger partial charge in [-0.15, -0.1) is 0 Å². The fourth-order valence-electron chi connectivity index (χ4n) is 1.79. The Kier molecular flexibility index (Phi) is 5.88. The van der Waals surface area contributed by atoms with E-state index in [4.69, 9.17) is 4.74 Å². The van der Waals surface area contributed by atoms with Crippen molar-refractivity contribution in [1.82, 2.24) is 10.3 Å². The van der Waals surface area contributed by atoms with Crippen LogP contribution in [0.4, 0.5) is 0 Å². The standard InChI is InChI=1S/C16H24N2O3/c1-11(2)10-13(15(20)21-16(3,4)5)18-14(19)12-8-6-7-9-17-12/h6-9,11,13H,10H2,1-5H3,(H,18,19). The molecular formula is C16H24N2O3. The average Bonchev–Trinajstić information content (AvgIpc) is 2.36. The Hall–Kier alpha value is -1.91. The molecule has 5 nitrogen and oxygen atoms in total. The first-order chi connectivity index (χ1) is 9.69. The number of carbonyl (C=O) groups excluding carboxylic acids is 2. The Bertz CT molecular complexity index is 478. The molecule has 0 aliphatic carbocycles. The Morgan fingerprint density at radius 2 is 1.95 bits per heavy atom. The van der Waals surface area contributed by atoms with Gasteiger partial charge >= 0.3 is 5.97 Å². The first kappa shape index (κ1) is 17.1. The lowest BCUT2D eigenvalue weighted by Crippen LogP contribution is -2.45. The minimum absolute atomic E-state index is 0.256. The zero-order valence-corrected chi connectivity index (χ0v) is 13.3. The van der Waals surface area contributed by atoms with Crippen LogP contribution in [0.3, 0.4) is 0 Å². The largest absolute Gasteiger partial charge is 0.458 e. The molecule has 0 spiro atoms. The van der Waals surface area contributed by atoms with E-state index in [1.807, 2.05) is 13.8 Å². The third-order valence-corrected chi connectivity index (χ3v) is 2.60. The molecule has 5 heteroatoms. The van der Waals surface area contributed by atoms with Crippen LogP contribution in [0.1, 0.15) is 51.5 Å². The van der Waals surface area contributed by atoms with Gasteiger partial charge < -0.3 is 10.1 Å². The number of esters is 1. The predicted molar refractivity (Wildman–Crippen MR) is 80.8 cm³/mol. The summed E-state index contributed by atoms with van der Waals surface area (Å²) in [5.41, 5.74) is -0.294. The van der Waals surface area contributed by atoms with Crippen LogP contribution in [0.15, 0.2) is 24.4 Å². The van der Waals surface area contributed by atoms with Crippen molar-refractivity contribution in [3.63, 3.8) is 0 Å². The SMILES string of the molecule is CC(C)CC(NC(=O)c1ccccn1)C(=O)OC(C)(C)C. The zero-order chi connectivity index (χ0) is 16.0. The van der Waals surface area contributed by atoms with E-state index in [-0.39, 0.29) is 17.5 Å². The van der Waals surface area contributed by atoms with Gasteiger partial charge in [-0.05, 0) is 45.2 Å². The van der Waals surface area contributed by atoms with Crippen LogP contribution in [0.2, 0.25) is 0 Å². The molecule has 1 N–H and O–H groups in total. The molecule has 1 atom stereocenters. The van der Waals surface area contributed by atoms with Gasteiger partial charge in [-0.25, -0.2) is 4.79 Å². The molecule has 0 radical (unpaired) electrons. The fraction of sp³-hybridized carbons (Fsp3) is 0.562. The molecule has 0 bridgehead atoms. The molecule has 21 heavy (non-hydrogen) atoms. The molecule has 1 aromatic rings. The Morgan fingerprint density at radius 3 is 2.43 bits per heavy atom. The normalized spacial score (nSPS) is 12.9. The van der Waals surface area contributed by atoms with Crippen LogP contribution < -0.4 is 5.32 Å². The van der Waals surface area contributed by atoms with Gasteiger partial charge in [-0.3, -0.25) is 9.78 Å². The van der Waals surface area contributed by atoms with Crippen LogP contribution in [0, 0.1) is 5.92 Å². The van der Waals surface area contributed by atoms with E-state index in [1.54, 1.807) is 45.2 Å². The van der Waals surface area contributed by atoms with Crippen molar-refractivity contribution in [2.24, 2.45) is 5.92 Å². The van der Waals surface area contributed by atoms with E-state index >= 15 is 0 Å². The average molecular weight is 292 g/mol. The highest BCUT2D eigenvalue weighted by Gasteiger charge is 2.27. The highest BCUT2D eigenvalue weighted by atomic mass is 16.6. The van der Waals surface area contributed by atoms with Crippen LogP contribution in [-0.4, -0.2) is 28.5 Å². The molecule has 0 aromatic carbocycles. The molecular weight excluding hydrogens is 268 g/mol. The lowest BCUT2D eigenvalue weighted by Gasteiger charge is -2.25. The summed E-state index contributed by atoms with van der Waals surface area (Å²) in [5, 5.41) is 2.71. The van der Waals surface area contributed by atoms with Gasteiger partial charge in [0.15, 0.2) is 0 Å². The molecule has 1 aromatic heterocycles. The van der Waals surface area contributed by atoms with E-state index in [0.29, 0.717) is 6.42 Å². The maximum Gasteiger partial charge on any atom is 0.329 e. The van der Waals surface area contributed by atoms with Crippen molar-refractivity contribution in [3.8, 4) is 0 Å². The summed E-state index contributed by atoms with van der Waals surface area (Å²) < 4.78 is 5.36. The quantitative estimate of drug-likeness (QED) is 0.847. The van der Waals surface area contributed by atoms with Gasteiger partial charge in [0.25, 0.3) is 5.91 Å². The third kappa shape index (κ3) is 6.38. The summed E-state index contributed by atoms with van der Waals surface area (Å²) in [6.07, 6.45) is 2.06. The molecule has 0 saturated heterocycles. The monoisotopic (exact) mass is 292 g/mol. The summed E-state index contributed by atoms with van der Waals surface area (Å²) in [4.78, 5) is 28.3. The van der Waals surface area contributed by atoms with Crippen LogP contribution in [0.5, 0.6) is 0 Å². The molecule has 1 rings (SSSR count). The molecule has 0 saturated carbocycles. The van der Waals surface area contributed by atoms with Crippen molar-refractivity contribution in [2.75, 3.05) is 0 Å². The highest BCUT2D eigenvalue weighted by molar-refractivity contribution is 5.95. The third-order valence-electron chi connectivity index (χ3n) is 2.60. The first-order valence-electron chi connectivity index (χ1n) is 7.14. The molecule has 116 valence electrons. The maximum atomic E-state index is 12.2. The predicted octanol–water partition coefficient (Wildman–Crippen LogP) is 2.57. The number of hydrogen-bond donors (Lipinski definition) is 1. The van der Waals surface area contributed by atoms with Crippen molar-refractivity contribution in [3.05, 3.63) is 30.1 Å². The summed E-state index contributed by atoms with van der Waals surface area (Å²) in [6, 6.07) is 4.40. The topological polar surface area (TPSA) is 68.3 Å². The van der Waals surface area contributed by atoms with Crippen molar-refractivity contribution in [1.29, 1.82) is 0 Å². The highest BCUT2D eigenvalue weighted by Crippen LogP contribution is 2.13. The first-order valence-corrected chi connectivity index (χ1v) is 7.14. The number of aromatic nitrogens is 1. The molecule has 0 aliphatic rings. The van der Waals surface area contributed by atoms with Crippen molar-refractivity contribution >= 4 is 11.9 Å². The molecule has 1 amide bonds. The minimum Gasteiger partial charge on any atom is -0.458 e. The number of rotatable bonds is 5. The minimum atomic E-state index is -0.668. The van der Waals surface area contributed by atoms with Crippen LogP contribution in [0.25, 0.3) is 0 Å². The number of carbonyl (C=O) groups is 2. The Balaban J connectivity index is 2.79. The second-order valence-corrected chi connectivity index (χ2v) is 6.40. The van der Waals surface area contributed by atoms with Gasteiger partial charge in [0, 0.05) is 6.20 Å². The molecule has 1 unspecified atom stereocenters. The maximum absolute atomic E-state index is 12.2. The smallest absolute Gasteiger partial charge is 0.329 e. The van der Waals surface area contributed by atoms with E-state index in [1.165, 1.54) is 0 Å². The summed E-state index contributed by atoms with van der Waals surface area (Å²) in [6.45, 7) is 9.39. The van der Waals surface area contributed by atoms with Crippen molar-refractivity contribution < 1.29 is 14.3 Å². The number of ether oxygens (including phenoxy) is 1. The number of pyridine rings is 1. The van der Waals surface area contributed by atoms with Gasteiger partial charge in [0.2, 0.25) is 0 Å². The Labute approximate surface area is 126 Å². The Morgan fingerprint density at radius 1 is 1.29 bits per heavy atom.